The van der Waals surface area contributed by atoms with Crippen molar-refractivity contribution in [1.29, 1.82) is 0 Å². The van der Waals surface area contributed by atoms with Crippen LogP contribution >= 0.6 is 0 Å². The largest absolute Gasteiger partial charge is 0.385 e. The van der Waals surface area contributed by atoms with Crippen molar-refractivity contribution in [3.05, 3.63) is 35.9 Å². The summed E-state index contributed by atoms with van der Waals surface area (Å²) >= 11 is 0. The van der Waals surface area contributed by atoms with E-state index in [4.69, 9.17) is 4.74 Å². The van der Waals surface area contributed by atoms with E-state index in [9.17, 15) is 0 Å². The Kier molecular flexibility index (Phi) is 4.67. The summed E-state index contributed by atoms with van der Waals surface area (Å²) in [7, 11) is 1.81. The molecule has 1 aliphatic rings. The number of benzene rings is 1. The fourth-order valence-corrected chi connectivity index (χ4v) is 3.79. The first-order chi connectivity index (χ1) is 9.12. The zero-order valence-electron chi connectivity index (χ0n) is 12.7. The van der Waals surface area contributed by atoms with Gasteiger partial charge < -0.3 is 4.74 Å². The summed E-state index contributed by atoms with van der Waals surface area (Å²) in [6.45, 7) is 5.79. The van der Waals surface area contributed by atoms with Gasteiger partial charge >= 0.3 is 0 Å². The van der Waals surface area contributed by atoms with Gasteiger partial charge in [-0.1, -0.05) is 63.4 Å². The van der Waals surface area contributed by atoms with E-state index in [1.165, 1.54) is 37.7 Å². The Morgan fingerprint density at radius 2 is 1.74 bits per heavy atom. The van der Waals surface area contributed by atoms with Crippen LogP contribution in [-0.4, -0.2) is 13.7 Å². The van der Waals surface area contributed by atoms with Crippen LogP contribution in [0.25, 0.3) is 0 Å². The van der Waals surface area contributed by atoms with E-state index < -0.39 is 0 Å². The van der Waals surface area contributed by atoms with Crippen LogP contribution in [0.5, 0.6) is 0 Å². The third-order valence-electron chi connectivity index (χ3n) is 5.51. The molecule has 0 saturated heterocycles. The van der Waals surface area contributed by atoms with Crippen molar-refractivity contribution < 1.29 is 4.74 Å². The number of rotatable bonds is 5. The smallest absolute Gasteiger partial charge is 0.0470 e. The van der Waals surface area contributed by atoms with E-state index in [0.29, 0.717) is 5.41 Å². The first kappa shape index (κ1) is 14.6. The van der Waals surface area contributed by atoms with Crippen LogP contribution in [0.2, 0.25) is 0 Å². The fourth-order valence-electron chi connectivity index (χ4n) is 3.79. The minimum Gasteiger partial charge on any atom is -0.385 e. The second-order valence-corrected chi connectivity index (χ2v) is 6.56. The molecule has 1 saturated carbocycles. The SMILES string of the molecule is COCC[C@](C)(c1ccccc1)C1(C)CCCCC1. The van der Waals surface area contributed by atoms with Crippen LogP contribution in [0.15, 0.2) is 30.3 Å². The minimum atomic E-state index is 0.227. The quantitative estimate of drug-likeness (QED) is 0.727. The number of hydrogen-bond donors (Lipinski definition) is 0. The zero-order chi connectivity index (χ0) is 13.8. The Hall–Kier alpha value is -0.820. The molecular weight excluding hydrogens is 232 g/mol. The minimum absolute atomic E-state index is 0.227. The maximum absolute atomic E-state index is 5.39. The molecule has 0 unspecified atom stereocenters. The number of hydrogen-bond acceptors (Lipinski definition) is 1. The molecule has 1 fully saturated rings. The average molecular weight is 260 g/mol. The Balaban J connectivity index is 2.33. The topological polar surface area (TPSA) is 9.23 Å². The third kappa shape index (κ3) is 2.86. The molecule has 106 valence electrons. The monoisotopic (exact) mass is 260 g/mol. The molecule has 0 aromatic heterocycles. The maximum Gasteiger partial charge on any atom is 0.0470 e. The highest BCUT2D eigenvalue weighted by atomic mass is 16.5. The Morgan fingerprint density at radius 3 is 2.32 bits per heavy atom. The van der Waals surface area contributed by atoms with Gasteiger partial charge in [-0.25, -0.2) is 0 Å². The lowest BCUT2D eigenvalue weighted by Crippen LogP contribution is -2.43. The molecule has 0 amide bonds. The molecule has 0 heterocycles. The van der Waals surface area contributed by atoms with Gasteiger partial charge in [0.05, 0.1) is 0 Å². The second kappa shape index (κ2) is 6.09. The lowest BCUT2D eigenvalue weighted by molar-refractivity contribution is 0.0600. The molecule has 1 heteroatoms. The molecule has 0 bridgehead atoms. The number of methoxy groups -OCH3 is 1. The number of ether oxygens (including phenoxy) is 1. The van der Waals surface area contributed by atoms with Crippen LogP contribution in [0, 0.1) is 5.41 Å². The molecule has 0 spiro atoms. The van der Waals surface area contributed by atoms with Crippen LogP contribution < -0.4 is 0 Å². The zero-order valence-corrected chi connectivity index (χ0v) is 12.7. The molecule has 0 aliphatic heterocycles. The van der Waals surface area contributed by atoms with E-state index in [-0.39, 0.29) is 5.41 Å². The normalized spacial score (nSPS) is 21.8. The van der Waals surface area contributed by atoms with E-state index in [1.54, 1.807) is 0 Å². The highest BCUT2D eigenvalue weighted by Gasteiger charge is 2.45. The molecule has 0 radical (unpaired) electrons. The van der Waals surface area contributed by atoms with Crippen molar-refractivity contribution in [1.82, 2.24) is 0 Å². The van der Waals surface area contributed by atoms with Gasteiger partial charge in [0.15, 0.2) is 0 Å². The summed E-state index contributed by atoms with van der Waals surface area (Å²) < 4.78 is 5.39. The molecule has 1 aliphatic carbocycles. The van der Waals surface area contributed by atoms with Crippen molar-refractivity contribution in [3.63, 3.8) is 0 Å². The van der Waals surface area contributed by atoms with Gasteiger partial charge in [-0.05, 0) is 30.2 Å². The summed E-state index contributed by atoms with van der Waals surface area (Å²) in [4.78, 5) is 0. The highest BCUT2D eigenvalue weighted by molar-refractivity contribution is 5.28. The van der Waals surface area contributed by atoms with E-state index in [0.717, 1.165) is 13.0 Å². The molecule has 0 N–H and O–H groups in total. The van der Waals surface area contributed by atoms with Crippen LogP contribution in [0.4, 0.5) is 0 Å². The lowest BCUT2D eigenvalue weighted by atomic mass is 9.55. The standard InChI is InChI=1S/C18H28O/c1-17(12-8-5-9-13-17)18(2,14-15-19-3)16-10-6-4-7-11-16/h4,6-7,10-11H,5,8-9,12-15H2,1-3H3/t18-/m1/s1. The van der Waals surface area contributed by atoms with Gasteiger partial charge in [0.2, 0.25) is 0 Å². The molecule has 19 heavy (non-hydrogen) atoms. The van der Waals surface area contributed by atoms with Crippen LogP contribution in [0.1, 0.15) is 57.9 Å². The summed E-state index contributed by atoms with van der Waals surface area (Å²) in [6, 6.07) is 11.1. The Morgan fingerprint density at radius 1 is 1.11 bits per heavy atom. The predicted molar refractivity (Wildman–Crippen MR) is 81.5 cm³/mol. The van der Waals surface area contributed by atoms with Crippen molar-refractivity contribution in [2.75, 3.05) is 13.7 Å². The summed E-state index contributed by atoms with van der Waals surface area (Å²) in [5.74, 6) is 0. The fraction of sp³-hybridized carbons (Fsp3) is 0.667. The van der Waals surface area contributed by atoms with Crippen molar-refractivity contribution in [3.8, 4) is 0 Å². The molecule has 1 atom stereocenters. The highest BCUT2D eigenvalue weighted by Crippen LogP contribution is 2.52. The van der Waals surface area contributed by atoms with Crippen LogP contribution in [0.3, 0.4) is 0 Å². The Labute approximate surface area is 118 Å². The summed E-state index contributed by atoms with van der Waals surface area (Å²) in [5.41, 5.74) is 2.12. The predicted octanol–water partition coefficient (Wildman–Crippen LogP) is 4.95. The molecule has 1 aromatic rings. The first-order valence-corrected chi connectivity index (χ1v) is 7.67. The van der Waals surface area contributed by atoms with E-state index >= 15 is 0 Å². The van der Waals surface area contributed by atoms with Crippen molar-refractivity contribution in [2.45, 2.75) is 57.8 Å². The van der Waals surface area contributed by atoms with E-state index in [2.05, 4.69) is 44.2 Å². The van der Waals surface area contributed by atoms with E-state index in [1.807, 2.05) is 7.11 Å². The second-order valence-electron chi connectivity index (χ2n) is 6.56. The molecule has 2 rings (SSSR count). The van der Waals surface area contributed by atoms with Gasteiger partial charge in [-0.3, -0.25) is 0 Å². The summed E-state index contributed by atoms with van der Waals surface area (Å²) in [6.07, 6.45) is 7.98. The molecule has 1 aromatic carbocycles. The lowest BCUT2D eigenvalue weighted by Gasteiger charge is -2.50. The average Bonchev–Trinajstić information content (AvgIpc) is 2.46. The van der Waals surface area contributed by atoms with Gasteiger partial charge in [0.1, 0.15) is 0 Å². The summed E-state index contributed by atoms with van der Waals surface area (Å²) in [5, 5.41) is 0. The van der Waals surface area contributed by atoms with Gasteiger partial charge in [-0.15, -0.1) is 0 Å². The van der Waals surface area contributed by atoms with Gasteiger partial charge in [-0.2, -0.15) is 0 Å². The Bertz CT molecular complexity index is 378. The van der Waals surface area contributed by atoms with Crippen LogP contribution in [-0.2, 0) is 10.2 Å². The molecule has 1 nitrogen and oxygen atoms in total. The first-order valence-electron chi connectivity index (χ1n) is 7.67. The molecular formula is C18H28O. The van der Waals surface area contributed by atoms with Crippen molar-refractivity contribution >= 4 is 0 Å². The van der Waals surface area contributed by atoms with Gasteiger partial charge in [0.25, 0.3) is 0 Å². The maximum atomic E-state index is 5.39. The van der Waals surface area contributed by atoms with Crippen molar-refractivity contribution in [2.24, 2.45) is 5.41 Å². The third-order valence-corrected chi connectivity index (χ3v) is 5.51. The van der Waals surface area contributed by atoms with Gasteiger partial charge in [0, 0.05) is 19.1 Å².